The zero-order chi connectivity index (χ0) is 13.3. The fraction of sp³-hybridized carbons (Fsp3) is 0.500. The van der Waals surface area contributed by atoms with Crippen molar-refractivity contribution in [3.05, 3.63) is 47.0 Å². The van der Waals surface area contributed by atoms with Crippen molar-refractivity contribution in [1.82, 2.24) is 5.32 Å². The van der Waals surface area contributed by atoms with Crippen molar-refractivity contribution >= 4 is 11.6 Å². The molecule has 0 bridgehead atoms. The maximum absolute atomic E-state index is 6.14. The summed E-state index contributed by atoms with van der Waals surface area (Å²) in [6.45, 7) is 10.7. The van der Waals surface area contributed by atoms with Crippen LogP contribution >= 0.6 is 11.6 Å². The Morgan fingerprint density at radius 1 is 1.56 bits per heavy atom. The van der Waals surface area contributed by atoms with E-state index in [0.717, 1.165) is 17.9 Å². The van der Waals surface area contributed by atoms with Gasteiger partial charge in [0.2, 0.25) is 0 Å². The van der Waals surface area contributed by atoms with Gasteiger partial charge in [-0.1, -0.05) is 37.6 Å². The normalized spacial score (nSPS) is 22.6. The molecular formula is C16H22ClN. The Morgan fingerprint density at radius 3 is 2.94 bits per heavy atom. The van der Waals surface area contributed by atoms with Gasteiger partial charge in [0.1, 0.15) is 0 Å². The van der Waals surface area contributed by atoms with E-state index in [1.165, 1.54) is 11.1 Å². The molecule has 98 valence electrons. The number of halogens is 1. The molecule has 2 rings (SSSR count). The van der Waals surface area contributed by atoms with Crippen LogP contribution < -0.4 is 5.32 Å². The topological polar surface area (TPSA) is 12.0 Å². The molecule has 0 amide bonds. The van der Waals surface area contributed by atoms with Crippen LogP contribution in [0.1, 0.15) is 44.4 Å². The highest BCUT2D eigenvalue weighted by Crippen LogP contribution is 2.46. The molecule has 0 saturated heterocycles. The Bertz CT molecular complexity index is 450. The van der Waals surface area contributed by atoms with Gasteiger partial charge < -0.3 is 5.32 Å². The molecule has 0 spiro atoms. The van der Waals surface area contributed by atoms with Crippen molar-refractivity contribution < 1.29 is 0 Å². The third-order valence-corrected chi connectivity index (χ3v) is 4.05. The smallest absolute Gasteiger partial charge is 0.0409 e. The van der Waals surface area contributed by atoms with E-state index in [-0.39, 0.29) is 5.41 Å². The molecule has 1 aliphatic carbocycles. The summed E-state index contributed by atoms with van der Waals surface area (Å²) in [5.74, 6) is 0. The van der Waals surface area contributed by atoms with E-state index in [1.54, 1.807) is 0 Å². The van der Waals surface area contributed by atoms with Crippen molar-refractivity contribution in [2.24, 2.45) is 5.41 Å². The van der Waals surface area contributed by atoms with Crippen molar-refractivity contribution in [2.45, 2.75) is 45.7 Å². The summed E-state index contributed by atoms with van der Waals surface area (Å²) in [7, 11) is 0. The monoisotopic (exact) mass is 263 g/mol. The van der Waals surface area contributed by atoms with E-state index in [2.05, 4.69) is 44.8 Å². The number of nitrogens with one attached hydrogen (secondary N) is 1. The minimum Gasteiger partial charge on any atom is -0.307 e. The van der Waals surface area contributed by atoms with Crippen LogP contribution in [0.25, 0.3) is 0 Å². The van der Waals surface area contributed by atoms with Gasteiger partial charge in [-0.2, -0.15) is 0 Å². The van der Waals surface area contributed by atoms with Crippen LogP contribution in [-0.2, 0) is 6.42 Å². The Balaban J connectivity index is 2.28. The summed E-state index contributed by atoms with van der Waals surface area (Å²) in [6, 6.07) is 7.09. The minimum atomic E-state index is 0.239. The molecule has 0 aromatic heterocycles. The van der Waals surface area contributed by atoms with Gasteiger partial charge in [-0.15, -0.1) is 6.58 Å². The first-order valence-corrected chi connectivity index (χ1v) is 6.97. The number of fused-ring (bicyclic) bond motifs is 1. The summed E-state index contributed by atoms with van der Waals surface area (Å²) >= 11 is 6.14. The third-order valence-electron chi connectivity index (χ3n) is 3.82. The lowest BCUT2D eigenvalue weighted by atomic mass is 9.85. The summed E-state index contributed by atoms with van der Waals surface area (Å²) in [6.07, 6.45) is 4.07. The van der Waals surface area contributed by atoms with Crippen LogP contribution in [-0.4, -0.2) is 6.04 Å². The molecule has 2 heteroatoms. The van der Waals surface area contributed by atoms with Crippen LogP contribution in [0.3, 0.4) is 0 Å². The zero-order valence-electron chi connectivity index (χ0n) is 11.5. The highest BCUT2D eigenvalue weighted by molar-refractivity contribution is 6.30. The Hall–Kier alpha value is -0.790. The molecule has 1 aromatic carbocycles. The molecule has 1 aromatic rings. The molecule has 0 fully saturated rings. The van der Waals surface area contributed by atoms with E-state index in [0.29, 0.717) is 12.1 Å². The average molecular weight is 264 g/mol. The van der Waals surface area contributed by atoms with Gasteiger partial charge in [-0.3, -0.25) is 0 Å². The van der Waals surface area contributed by atoms with Crippen LogP contribution in [0, 0.1) is 5.41 Å². The molecule has 2 unspecified atom stereocenters. The van der Waals surface area contributed by atoms with Crippen molar-refractivity contribution in [1.29, 1.82) is 0 Å². The number of benzene rings is 1. The third kappa shape index (κ3) is 2.62. The molecule has 2 atom stereocenters. The van der Waals surface area contributed by atoms with Crippen molar-refractivity contribution in [3.8, 4) is 0 Å². The summed E-state index contributed by atoms with van der Waals surface area (Å²) in [5, 5.41) is 4.55. The molecule has 0 radical (unpaired) electrons. The second kappa shape index (κ2) is 5.07. The number of hydrogen-bond acceptors (Lipinski definition) is 1. The molecular weight excluding hydrogens is 242 g/mol. The molecule has 0 saturated carbocycles. The van der Waals surface area contributed by atoms with Gasteiger partial charge in [-0.25, -0.2) is 0 Å². The summed E-state index contributed by atoms with van der Waals surface area (Å²) in [5.41, 5.74) is 3.03. The Labute approximate surface area is 115 Å². The molecule has 18 heavy (non-hydrogen) atoms. The molecule has 1 aliphatic rings. The lowest BCUT2D eigenvalue weighted by Gasteiger charge is -2.31. The lowest BCUT2D eigenvalue weighted by Crippen LogP contribution is -2.36. The Kier molecular flexibility index (Phi) is 3.84. The van der Waals surface area contributed by atoms with Crippen molar-refractivity contribution in [2.75, 3.05) is 0 Å². The first kappa shape index (κ1) is 13.6. The van der Waals surface area contributed by atoms with E-state index < -0.39 is 0 Å². The van der Waals surface area contributed by atoms with Crippen LogP contribution in [0.15, 0.2) is 30.9 Å². The maximum Gasteiger partial charge on any atom is 0.0409 e. The first-order chi connectivity index (χ1) is 8.44. The molecule has 0 heterocycles. The molecule has 1 nitrogen and oxygen atoms in total. The summed E-state index contributed by atoms with van der Waals surface area (Å²) in [4.78, 5) is 0. The standard InChI is InChI=1S/C16H22ClN/c1-5-6-11(2)18-15-14-9-13(17)8-7-12(14)10-16(15,3)4/h5,7-9,11,15,18H,1,6,10H2,2-4H3. The van der Waals surface area contributed by atoms with E-state index >= 15 is 0 Å². The van der Waals surface area contributed by atoms with E-state index in [9.17, 15) is 0 Å². The Morgan fingerprint density at radius 2 is 2.28 bits per heavy atom. The first-order valence-electron chi connectivity index (χ1n) is 6.59. The van der Waals surface area contributed by atoms with Gasteiger partial charge in [0.25, 0.3) is 0 Å². The molecule has 1 N–H and O–H groups in total. The summed E-state index contributed by atoms with van der Waals surface area (Å²) < 4.78 is 0. The second-order valence-electron chi connectivity index (χ2n) is 6.03. The number of hydrogen-bond donors (Lipinski definition) is 1. The quantitative estimate of drug-likeness (QED) is 0.788. The average Bonchev–Trinajstić information content (AvgIpc) is 2.51. The number of rotatable bonds is 4. The van der Waals surface area contributed by atoms with Gasteiger partial charge in [0.15, 0.2) is 0 Å². The second-order valence-corrected chi connectivity index (χ2v) is 6.47. The lowest BCUT2D eigenvalue weighted by molar-refractivity contribution is 0.252. The van der Waals surface area contributed by atoms with E-state index in [4.69, 9.17) is 11.6 Å². The maximum atomic E-state index is 6.14. The minimum absolute atomic E-state index is 0.239. The van der Waals surface area contributed by atoms with Gasteiger partial charge in [0, 0.05) is 17.1 Å². The van der Waals surface area contributed by atoms with Crippen LogP contribution in [0.4, 0.5) is 0 Å². The predicted molar refractivity (Wildman–Crippen MR) is 79.1 cm³/mol. The molecule has 0 aliphatic heterocycles. The SMILES string of the molecule is C=CCC(C)NC1c2cc(Cl)ccc2CC1(C)C. The van der Waals surface area contributed by atoms with Crippen LogP contribution in [0.5, 0.6) is 0 Å². The van der Waals surface area contributed by atoms with Gasteiger partial charge in [-0.05, 0) is 48.4 Å². The fourth-order valence-corrected chi connectivity index (χ4v) is 3.11. The van der Waals surface area contributed by atoms with Gasteiger partial charge in [0.05, 0.1) is 0 Å². The van der Waals surface area contributed by atoms with Crippen molar-refractivity contribution in [3.63, 3.8) is 0 Å². The highest BCUT2D eigenvalue weighted by Gasteiger charge is 2.39. The highest BCUT2D eigenvalue weighted by atomic mass is 35.5. The van der Waals surface area contributed by atoms with E-state index in [1.807, 2.05) is 12.1 Å². The predicted octanol–water partition coefficient (Wildman–Crippen LogP) is 4.52. The largest absolute Gasteiger partial charge is 0.307 e. The van der Waals surface area contributed by atoms with Gasteiger partial charge >= 0.3 is 0 Å². The zero-order valence-corrected chi connectivity index (χ0v) is 12.2. The van der Waals surface area contributed by atoms with Crippen LogP contribution in [0.2, 0.25) is 5.02 Å². The fourth-order valence-electron chi connectivity index (χ4n) is 2.93.